The highest BCUT2D eigenvalue weighted by Gasteiger charge is 2.24. The van der Waals surface area contributed by atoms with E-state index in [2.05, 4.69) is 4.72 Å². The predicted molar refractivity (Wildman–Crippen MR) is 100 cm³/mol. The van der Waals surface area contributed by atoms with Gasteiger partial charge in [0.25, 0.3) is 10.0 Å². The number of halogens is 1. The molecule has 134 valence electrons. The molecule has 0 saturated carbocycles. The van der Waals surface area contributed by atoms with E-state index in [4.69, 9.17) is 11.6 Å². The SMILES string of the molecule is Cc1cc(C)c(C)c(S(=O)(=O)NC(=O)CCc2ccc(Cl)cc2)c1C. The fraction of sp³-hybridized carbons (Fsp3) is 0.316. The maximum absolute atomic E-state index is 12.7. The summed E-state index contributed by atoms with van der Waals surface area (Å²) in [5, 5.41) is 0.622. The van der Waals surface area contributed by atoms with E-state index in [9.17, 15) is 13.2 Å². The minimum atomic E-state index is -3.90. The molecule has 0 aromatic heterocycles. The summed E-state index contributed by atoms with van der Waals surface area (Å²) in [6, 6.07) is 9.08. The number of sulfonamides is 1. The normalized spacial score (nSPS) is 11.4. The van der Waals surface area contributed by atoms with Crippen LogP contribution in [0.3, 0.4) is 0 Å². The van der Waals surface area contributed by atoms with Gasteiger partial charge in [0, 0.05) is 11.4 Å². The molecule has 0 fully saturated rings. The molecule has 0 unspecified atom stereocenters. The van der Waals surface area contributed by atoms with Crippen LogP contribution in [0, 0.1) is 27.7 Å². The van der Waals surface area contributed by atoms with Gasteiger partial charge in [-0.2, -0.15) is 0 Å². The van der Waals surface area contributed by atoms with Gasteiger partial charge in [-0.25, -0.2) is 13.1 Å². The highest BCUT2D eigenvalue weighted by Crippen LogP contribution is 2.26. The van der Waals surface area contributed by atoms with Gasteiger partial charge >= 0.3 is 0 Å². The van der Waals surface area contributed by atoms with Crippen molar-refractivity contribution in [3.05, 3.63) is 63.2 Å². The summed E-state index contributed by atoms with van der Waals surface area (Å²) in [6.07, 6.45) is 0.535. The van der Waals surface area contributed by atoms with Gasteiger partial charge in [0.2, 0.25) is 5.91 Å². The zero-order chi connectivity index (χ0) is 18.8. The molecule has 0 atom stereocenters. The molecule has 0 aliphatic heterocycles. The largest absolute Gasteiger partial charge is 0.274 e. The highest BCUT2D eigenvalue weighted by molar-refractivity contribution is 7.90. The fourth-order valence-electron chi connectivity index (χ4n) is 2.74. The Kier molecular flexibility index (Phi) is 5.91. The van der Waals surface area contributed by atoms with Crippen LogP contribution in [-0.4, -0.2) is 14.3 Å². The predicted octanol–water partition coefficient (Wildman–Crippen LogP) is 4.01. The van der Waals surface area contributed by atoms with Crippen molar-refractivity contribution in [1.82, 2.24) is 4.72 Å². The lowest BCUT2D eigenvalue weighted by molar-refractivity contribution is -0.119. The van der Waals surface area contributed by atoms with E-state index in [1.807, 2.05) is 32.0 Å². The van der Waals surface area contributed by atoms with E-state index >= 15 is 0 Å². The first kappa shape index (κ1) is 19.5. The molecule has 0 saturated heterocycles. The monoisotopic (exact) mass is 379 g/mol. The van der Waals surface area contributed by atoms with Gasteiger partial charge in [-0.3, -0.25) is 4.79 Å². The maximum Gasteiger partial charge on any atom is 0.264 e. The van der Waals surface area contributed by atoms with E-state index < -0.39 is 15.9 Å². The number of amides is 1. The first-order chi connectivity index (χ1) is 11.6. The summed E-state index contributed by atoms with van der Waals surface area (Å²) < 4.78 is 27.6. The molecular weight excluding hydrogens is 358 g/mol. The first-order valence-corrected chi connectivity index (χ1v) is 9.85. The third-order valence-corrected chi connectivity index (χ3v) is 6.27. The minimum Gasteiger partial charge on any atom is -0.274 e. The number of carbonyl (C=O) groups is 1. The van der Waals surface area contributed by atoms with Crippen LogP contribution in [0.5, 0.6) is 0 Å². The zero-order valence-corrected chi connectivity index (χ0v) is 16.4. The fourth-order valence-corrected chi connectivity index (χ4v) is 4.50. The first-order valence-electron chi connectivity index (χ1n) is 7.99. The Balaban J connectivity index is 2.16. The average molecular weight is 380 g/mol. The molecule has 2 aromatic rings. The molecule has 0 bridgehead atoms. The topological polar surface area (TPSA) is 63.2 Å². The third kappa shape index (κ3) is 4.61. The van der Waals surface area contributed by atoms with Crippen molar-refractivity contribution in [1.29, 1.82) is 0 Å². The number of nitrogens with one attached hydrogen (secondary N) is 1. The molecule has 1 N–H and O–H groups in total. The van der Waals surface area contributed by atoms with Crippen molar-refractivity contribution in [3.8, 4) is 0 Å². The average Bonchev–Trinajstić information content (AvgIpc) is 2.52. The molecule has 1 amide bonds. The molecule has 2 rings (SSSR count). The lowest BCUT2D eigenvalue weighted by Crippen LogP contribution is -2.32. The lowest BCUT2D eigenvalue weighted by atomic mass is 10.0. The van der Waals surface area contributed by atoms with Gasteiger partial charge in [-0.15, -0.1) is 0 Å². The minimum absolute atomic E-state index is 0.0871. The summed E-state index contributed by atoms with van der Waals surface area (Å²) in [6.45, 7) is 7.25. The van der Waals surface area contributed by atoms with Crippen LogP contribution in [0.2, 0.25) is 5.02 Å². The van der Waals surface area contributed by atoms with Gasteiger partial charge < -0.3 is 0 Å². The van der Waals surface area contributed by atoms with Gasteiger partial charge in [-0.1, -0.05) is 29.8 Å². The maximum atomic E-state index is 12.7. The van der Waals surface area contributed by atoms with E-state index in [0.717, 1.165) is 16.7 Å². The third-order valence-electron chi connectivity index (χ3n) is 4.37. The van der Waals surface area contributed by atoms with Crippen LogP contribution >= 0.6 is 11.6 Å². The number of rotatable bonds is 5. The van der Waals surface area contributed by atoms with Gasteiger partial charge in [0.05, 0.1) is 4.90 Å². The van der Waals surface area contributed by atoms with Crippen LogP contribution in [0.4, 0.5) is 0 Å². The molecule has 0 heterocycles. The van der Waals surface area contributed by atoms with E-state index in [0.29, 0.717) is 22.6 Å². The van der Waals surface area contributed by atoms with Crippen LogP contribution in [0.1, 0.15) is 34.2 Å². The van der Waals surface area contributed by atoms with Crippen LogP contribution in [-0.2, 0) is 21.2 Å². The Hall–Kier alpha value is -1.85. The van der Waals surface area contributed by atoms with Crippen molar-refractivity contribution in [2.24, 2.45) is 0 Å². The van der Waals surface area contributed by atoms with E-state index in [-0.39, 0.29) is 11.3 Å². The smallest absolute Gasteiger partial charge is 0.264 e. The van der Waals surface area contributed by atoms with Gasteiger partial charge in [0.1, 0.15) is 0 Å². The summed E-state index contributed by atoms with van der Waals surface area (Å²) in [4.78, 5) is 12.3. The standard InChI is InChI=1S/C19H22ClNO3S/c1-12-11-13(2)15(4)19(14(12)3)25(23,24)21-18(22)10-7-16-5-8-17(20)9-6-16/h5-6,8-9,11H,7,10H2,1-4H3,(H,21,22). The van der Waals surface area contributed by atoms with E-state index in [1.165, 1.54) is 0 Å². The molecule has 0 spiro atoms. The van der Waals surface area contributed by atoms with Gasteiger partial charge in [0.15, 0.2) is 0 Å². The number of hydrogen-bond donors (Lipinski definition) is 1. The molecule has 4 nitrogen and oxygen atoms in total. The lowest BCUT2D eigenvalue weighted by Gasteiger charge is -2.16. The Labute approximate surface area is 154 Å². The molecule has 25 heavy (non-hydrogen) atoms. The molecule has 2 aromatic carbocycles. The van der Waals surface area contributed by atoms with E-state index in [1.54, 1.807) is 26.0 Å². The Morgan fingerprint density at radius 3 is 2.04 bits per heavy atom. The van der Waals surface area contributed by atoms with Crippen molar-refractivity contribution in [2.45, 2.75) is 45.4 Å². The molecule has 6 heteroatoms. The number of benzene rings is 2. The Morgan fingerprint density at radius 1 is 1.00 bits per heavy atom. The van der Waals surface area contributed by atoms with Crippen LogP contribution in [0.15, 0.2) is 35.2 Å². The van der Waals surface area contributed by atoms with Crippen LogP contribution < -0.4 is 4.72 Å². The molecular formula is C19H22ClNO3S. The highest BCUT2D eigenvalue weighted by atomic mass is 35.5. The zero-order valence-electron chi connectivity index (χ0n) is 14.8. The van der Waals surface area contributed by atoms with Crippen molar-refractivity contribution in [3.63, 3.8) is 0 Å². The quantitative estimate of drug-likeness (QED) is 0.853. The molecule has 0 aliphatic rings. The molecule has 0 radical (unpaired) electrons. The summed E-state index contributed by atoms with van der Waals surface area (Å²) >= 11 is 5.83. The number of aryl methyl sites for hydroxylation is 3. The second-order valence-corrected chi connectivity index (χ2v) is 8.30. The second-order valence-electron chi connectivity index (χ2n) is 6.24. The summed E-state index contributed by atoms with van der Waals surface area (Å²) in [5.74, 6) is -0.520. The van der Waals surface area contributed by atoms with Crippen molar-refractivity contribution >= 4 is 27.5 Å². The Morgan fingerprint density at radius 2 is 1.52 bits per heavy atom. The van der Waals surface area contributed by atoms with Gasteiger partial charge in [-0.05, 0) is 74.1 Å². The molecule has 0 aliphatic carbocycles. The van der Waals surface area contributed by atoms with Crippen molar-refractivity contribution < 1.29 is 13.2 Å². The number of hydrogen-bond acceptors (Lipinski definition) is 3. The van der Waals surface area contributed by atoms with Crippen LogP contribution in [0.25, 0.3) is 0 Å². The summed E-state index contributed by atoms with van der Waals surface area (Å²) in [5.41, 5.74) is 4.03. The summed E-state index contributed by atoms with van der Waals surface area (Å²) in [7, 11) is -3.90. The second kappa shape index (κ2) is 7.58. The van der Waals surface area contributed by atoms with Crippen molar-refractivity contribution in [2.75, 3.05) is 0 Å². The Bertz CT molecular complexity index is 877. The number of carbonyl (C=O) groups excluding carboxylic acids is 1.